The normalized spacial score (nSPS) is 11.0. The number of sulfonamides is 1. The lowest BCUT2D eigenvalue weighted by molar-refractivity contribution is -0.119. The summed E-state index contributed by atoms with van der Waals surface area (Å²) in [5, 5.41) is 3.91. The van der Waals surface area contributed by atoms with Crippen molar-refractivity contribution in [3.63, 3.8) is 0 Å². The number of hydrazone groups is 1. The molecule has 0 unspecified atom stereocenters. The van der Waals surface area contributed by atoms with Crippen LogP contribution in [0.2, 0.25) is 0 Å². The minimum atomic E-state index is -4.07. The molecule has 38 heavy (non-hydrogen) atoms. The summed E-state index contributed by atoms with van der Waals surface area (Å²) >= 11 is 0. The van der Waals surface area contributed by atoms with Gasteiger partial charge in [0.05, 0.1) is 37.6 Å². The van der Waals surface area contributed by atoms with E-state index in [2.05, 4.69) is 15.3 Å². The lowest BCUT2D eigenvalue weighted by Gasteiger charge is -2.24. The Morgan fingerprint density at radius 2 is 1.68 bits per heavy atom. The summed E-state index contributed by atoms with van der Waals surface area (Å²) in [5.74, 6) is 0.270. The van der Waals surface area contributed by atoms with Crippen molar-refractivity contribution in [3.8, 4) is 17.2 Å². The number of carbonyl (C=O) groups is 2. The molecule has 0 saturated carbocycles. The molecule has 11 nitrogen and oxygen atoms in total. The van der Waals surface area contributed by atoms with Gasteiger partial charge in [0.15, 0.2) is 11.5 Å². The van der Waals surface area contributed by atoms with Gasteiger partial charge < -0.3 is 18.9 Å². The van der Waals surface area contributed by atoms with Crippen molar-refractivity contribution in [1.82, 2.24) is 5.43 Å². The third kappa shape index (κ3) is 7.23. The smallest absolute Gasteiger partial charge is 0.494 e. The molecule has 3 rings (SSSR count). The van der Waals surface area contributed by atoms with Crippen LogP contribution in [-0.4, -0.2) is 54.1 Å². The molecule has 0 aliphatic rings. The van der Waals surface area contributed by atoms with Crippen LogP contribution in [0, 0.1) is 0 Å². The number of methoxy groups -OCH3 is 2. The van der Waals surface area contributed by atoms with Gasteiger partial charge in [-0.05, 0) is 67.1 Å². The highest BCUT2D eigenvalue weighted by atomic mass is 32.2. The number of ether oxygens (including phenoxy) is 4. The molecular weight excluding hydrogens is 514 g/mol. The van der Waals surface area contributed by atoms with Crippen LogP contribution < -0.4 is 23.9 Å². The van der Waals surface area contributed by atoms with E-state index in [9.17, 15) is 18.0 Å². The summed E-state index contributed by atoms with van der Waals surface area (Å²) in [6.45, 7) is 1.77. The molecule has 3 aromatic rings. The first kappa shape index (κ1) is 28.0. The molecule has 0 radical (unpaired) electrons. The van der Waals surface area contributed by atoms with E-state index in [1.165, 1.54) is 44.7 Å². The van der Waals surface area contributed by atoms with Crippen LogP contribution in [0.25, 0.3) is 0 Å². The first-order valence-electron chi connectivity index (χ1n) is 11.3. The van der Waals surface area contributed by atoms with Crippen LogP contribution in [-0.2, 0) is 19.6 Å². The van der Waals surface area contributed by atoms with Crippen molar-refractivity contribution < 1.29 is 37.0 Å². The summed E-state index contributed by atoms with van der Waals surface area (Å²) in [6.07, 6.45) is 0.425. The number of anilines is 1. The highest BCUT2D eigenvalue weighted by Crippen LogP contribution is 2.28. The molecule has 1 amide bonds. The second-order valence-electron chi connectivity index (χ2n) is 7.51. The Morgan fingerprint density at radius 1 is 0.974 bits per heavy atom. The topological polar surface area (TPSA) is 133 Å². The van der Waals surface area contributed by atoms with Crippen molar-refractivity contribution in [3.05, 3.63) is 78.4 Å². The van der Waals surface area contributed by atoms with E-state index in [1.807, 2.05) is 6.92 Å². The number of nitrogens with one attached hydrogen (secondary N) is 1. The number of nitrogens with zero attached hydrogens (tertiary/aromatic N) is 2. The Bertz CT molecular complexity index is 1380. The van der Waals surface area contributed by atoms with Gasteiger partial charge >= 0.3 is 6.16 Å². The number of hydrogen-bond acceptors (Lipinski definition) is 9. The van der Waals surface area contributed by atoms with E-state index >= 15 is 0 Å². The number of hydrogen-bond donors (Lipinski definition) is 1. The standard InChI is InChI=1S/C26H27N3O8S/c1-4-36-21-13-11-20(12-14-21)29(38(32,33)22-8-6-5-7-9-22)18-25(30)28-27-17-19-10-15-23(24(16-19)34-2)37-26(31)35-3/h5-17H,4,18H2,1-3H3,(H,28,30)/b27-17-. The van der Waals surface area contributed by atoms with E-state index in [-0.39, 0.29) is 22.1 Å². The molecule has 0 fully saturated rings. The Hall–Kier alpha value is -4.58. The molecule has 0 bridgehead atoms. The second kappa shape index (κ2) is 13.1. The average Bonchev–Trinajstić information content (AvgIpc) is 2.93. The molecule has 200 valence electrons. The molecule has 0 heterocycles. The third-order valence-electron chi connectivity index (χ3n) is 5.00. The summed E-state index contributed by atoms with van der Waals surface area (Å²) in [5.41, 5.74) is 3.13. The zero-order chi connectivity index (χ0) is 27.5. The zero-order valence-electron chi connectivity index (χ0n) is 21.0. The predicted octanol–water partition coefficient (Wildman–Crippen LogP) is 3.58. The van der Waals surface area contributed by atoms with Crippen molar-refractivity contribution in [1.29, 1.82) is 0 Å². The number of benzene rings is 3. The predicted molar refractivity (Wildman–Crippen MR) is 140 cm³/mol. The molecule has 0 spiro atoms. The second-order valence-corrected chi connectivity index (χ2v) is 9.37. The van der Waals surface area contributed by atoms with Crippen LogP contribution in [0.3, 0.4) is 0 Å². The minimum Gasteiger partial charge on any atom is -0.494 e. The van der Waals surface area contributed by atoms with Crippen molar-refractivity contribution >= 4 is 34.0 Å². The Labute approximate surface area is 220 Å². The van der Waals surface area contributed by atoms with Gasteiger partial charge in [-0.15, -0.1) is 0 Å². The van der Waals surface area contributed by atoms with Gasteiger partial charge in [-0.1, -0.05) is 18.2 Å². The average molecular weight is 542 g/mol. The van der Waals surface area contributed by atoms with Crippen LogP contribution >= 0.6 is 0 Å². The van der Waals surface area contributed by atoms with Crippen molar-refractivity contribution in [2.24, 2.45) is 5.10 Å². The highest BCUT2D eigenvalue weighted by molar-refractivity contribution is 7.92. The first-order chi connectivity index (χ1) is 18.3. The maximum Gasteiger partial charge on any atom is 0.513 e. The summed E-state index contributed by atoms with van der Waals surface area (Å²) in [4.78, 5) is 24.1. The third-order valence-corrected chi connectivity index (χ3v) is 6.79. The van der Waals surface area contributed by atoms with E-state index in [0.29, 0.717) is 17.9 Å². The quantitative estimate of drug-likeness (QED) is 0.169. The monoisotopic (exact) mass is 541 g/mol. The maximum absolute atomic E-state index is 13.4. The Kier molecular flexibility index (Phi) is 9.66. The van der Waals surface area contributed by atoms with Crippen LogP contribution in [0.5, 0.6) is 17.2 Å². The summed E-state index contributed by atoms with van der Waals surface area (Å²) in [6, 6.07) is 18.8. The Morgan fingerprint density at radius 3 is 2.32 bits per heavy atom. The minimum absolute atomic E-state index is 0.0338. The van der Waals surface area contributed by atoms with Gasteiger partial charge in [-0.25, -0.2) is 18.6 Å². The van der Waals surface area contributed by atoms with E-state index in [4.69, 9.17) is 14.2 Å². The highest BCUT2D eigenvalue weighted by Gasteiger charge is 2.27. The maximum atomic E-state index is 13.4. The summed E-state index contributed by atoms with van der Waals surface area (Å²) < 4.78 is 47.9. The molecule has 0 aromatic heterocycles. The number of amides is 1. The fraction of sp³-hybridized carbons (Fsp3) is 0.192. The van der Waals surface area contributed by atoms with E-state index < -0.39 is 28.6 Å². The fourth-order valence-corrected chi connectivity index (χ4v) is 4.68. The zero-order valence-corrected chi connectivity index (χ0v) is 21.8. The summed E-state index contributed by atoms with van der Waals surface area (Å²) in [7, 11) is -1.49. The molecule has 0 atom stereocenters. The van der Waals surface area contributed by atoms with Crippen LogP contribution in [0.4, 0.5) is 10.5 Å². The largest absolute Gasteiger partial charge is 0.513 e. The van der Waals surface area contributed by atoms with Gasteiger partial charge in [-0.2, -0.15) is 5.10 Å². The molecule has 1 N–H and O–H groups in total. The van der Waals surface area contributed by atoms with Crippen LogP contribution in [0.1, 0.15) is 12.5 Å². The lowest BCUT2D eigenvalue weighted by Crippen LogP contribution is -2.39. The van der Waals surface area contributed by atoms with Gasteiger partial charge in [0, 0.05) is 0 Å². The number of rotatable bonds is 11. The van der Waals surface area contributed by atoms with Gasteiger partial charge in [-0.3, -0.25) is 9.10 Å². The van der Waals surface area contributed by atoms with Crippen molar-refractivity contribution in [2.45, 2.75) is 11.8 Å². The van der Waals surface area contributed by atoms with Crippen molar-refractivity contribution in [2.75, 3.05) is 31.7 Å². The van der Waals surface area contributed by atoms with Crippen LogP contribution in [0.15, 0.2) is 82.8 Å². The molecule has 0 aliphatic carbocycles. The molecule has 12 heteroatoms. The molecule has 0 aliphatic heterocycles. The van der Waals surface area contributed by atoms with Gasteiger partial charge in [0.2, 0.25) is 0 Å². The van der Waals surface area contributed by atoms with Gasteiger partial charge in [0.1, 0.15) is 12.3 Å². The SMILES string of the molecule is CCOc1ccc(N(CC(=O)N/N=C\c2ccc(OC(=O)OC)c(OC)c2)S(=O)(=O)c2ccccc2)cc1. The van der Waals surface area contributed by atoms with E-state index in [1.54, 1.807) is 48.5 Å². The lowest BCUT2D eigenvalue weighted by atomic mass is 10.2. The molecular formula is C26H27N3O8S. The molecule has 0 saturated heterocycles. The fourth-order valence-electron chi connectivity index (χ4n) is 3.23. The van der Waals surface area contributed by atoms with E-state index in [0.717, 1.165) is 4.31 Å². The number of carbonyl (C=O) groups excluding carboxylic acids is 2. The van der Waals surface area contributed by atoms with Gasteiger partial charge in [0.25, 0.3) is 15.9 Å². The Balaban J connectivity index is 1.78. The molecule has 3 aromatic carbocycles. The first-order valence-corrected chi connectivity index (χ1v) is 12.8.